The minimum Gasteiger partial charge on any atom is -0.490 e. The molecular weight excluding hydrogens is 240 g/mol. The van der Waals surface area contributed by atoms with E-state index in [9.17, 15) is 5.11 Å². The zero-order chi connectivity index (χ0) is 13.3. The Kier molecular flexibility index (Phi) is 3.50. The van der Waals surface area contributed by atoms with Crippen LogP contribution in [0.5, 0.6) is 5.75 Å². The van der Waals surface area contributed by atoms with Crippen LogP contribution in [0.15, 0.2) is 24.3 Å². The normalized spacial score (nSPS) is 26.7. The van der Waals surface area contributed by atoms with Crippen LogP contribution in [-0.4, -0.2) is 23.4 Å². The van der Waals surface area contributed by atoms with Crippen molar-refractivity contribution < 1.29 is 14.6 Å². The van der Waals surface area contributed by atoms with Crippen LogP contribution >= 0.6 is 0 Å². The number of aliphatic hydroxyl groups excluding tert-OH is 1. The van der Waals surface area contributed by atoms with Crippen LogP contribution in [0.3, 0.4) is 0 Å². The van der Waals surface area contributed by atoms with Crippen LogP contribution in [-0.2, 0) is 4.74 Å². The first-order valence-electron chi connectivity index (χ1n) is 7.26. The number of rotatable bonds is 3. The fourth-order valence-electron chi connectivity index (χ4n) is 3.04. The van der Waals surface area contributed by atoms with Gasteiger partial charge in [0, 0.05) is 12.8 Å². The second-order valence-corrected chi connectivity index (χ2v) is 5.87. The summed E-state index contributed by atoms with van der Waals surface area (Å²) >= 11 is 0. The van der Waals surface area contributed by atoms with E-state index in [2.05, 4.69) is 0 Å². The molecule has 1 aromatic carbocycles. The number of hydrogen-bond acceptors (Lipinski definition) is 3. The molecule has 1 saturated carbocycles. The van der Waals surface area contributed by atoms with Gasteiger partial charge < -0.3 is 14.6 Å². The Hall–Kier alpha value is -1.06. The summed E-state index contributed by atoms with van der Waals surface area (Å²) in [6, 6.07) is 7.77. The first-order chi connectivity index (χ1) is 9.17. The summed E-state index contributed by atoms with van der Waals surface area (Å²) in [5.74, 6) is 0.861. The lowest BCUT2D eigenvalue weighted by atomic mass is 9.74. The van der Waals surface area contributed by atoms with E-state index >= 15 is 0 Å². The van der Waals surface area contributed by atoms with Gasteiger partial charge in [-0.25, -0.2) is 0 Å². The third-order valence-electron chi connectivity index (χ3n) is 4.36. The Morgan fingerprint density at radius 1 is 1.42 bits per heavy atom. The summed E-state index contributed by atoms with van der Waals surface area (Å²) in [4.78, 5) is 0. The molecule has 0 amide bonds. The van der Waals surface area contributed by atoms with Crippen LogP contribution in [0.25, 0.3) is 0 Å². The van der Waals surface area contributed by atoms with E-state index in [-0.39, 0.29) is 11.7 Å². The van der Waals surface area contributed by atoms with E-state index in [4.69, 9.17) is 9.47 Å². The van der Waals surface area contributed by atoms with Crippen molar-refractivity contribution in [1.82, 2.24) is 0 Å². The Bertz CT molecular complexity index is 437. The Balaban J connectivity index is 1.65. The maximum atomic E-state index is 9.61. The molecule has 2 aliphatic rings. The van der Waals surface area contributed by atoms with Gasteiger partial charge in [-0.3, -0.25) is 0 Å². The summed E-state index contributed by atoms with van der Waals surface area (Å²) in [6.45, 7) is 2.58. The quantitative estimate of drug-likeness (QED) is 0.909. The summed E-state index contributed by atoms with van der Waals surface area (Å²) in [7, 11) is 0. The first kappa shape index (κ1) is 12.9. The summed E-state index contributed by atoms with van der Waals surface area (Å²) in [6.07, 6.45) is 5.41. The molecule has 1 aliphatic carbocycles. The average Bonchev–Trinajstić information content (AvgIpc) is 2.37. The van der Waals surface area contributed by atoms with Crippen molar-refractivity contribution in [2.75, 3.05) is 6.61 Å². The summed E-state index contributed by atoms with van der Waals surface area (Å²) in [5.41, 5.74) is 1.02. The third kappa shape index (κ3) is 2.77. The molecule has 2 atom stereocenters. The van der Waals surface area contributed by atoms with Gasteiger partial charge in [-0.05, 0) is 43.9 Å². The minimum atomic E-state index is -0.448. The highest BCUT2D eigenvalue weighted by Gasteiger charge is 2.43. The van der Waals surface area contributed by atoms with Crippen LogP contribution in [0, 0.1) is 0 Å². The molecule has 1 spiro atoms. The number of benzene rings is 1. The van der Waals surface area contributed by atoms with Crippen molar-refractivity contribution in [3.05, 3.63) is 29.8 Å². The second kappa shape index (κ2) is 5.14. The third-order valence-corrected chi connectivity index (χ3v) is 4.36. The highest BCUT2D eigenvalue weighted by molar-refractivity contribution is 5.29. The van der Waals surface area contributed by atoms with Crippen molar-refractivity contribution in [3.63, 3.8) is 0 Å². The lowest BCUT2D eigenvalue weighted by Crippen LogP contribution is -2.48. The van der Waals surface area contributed by atoms with E-state index in [0.29, 0.717) is 0 Å². The molecular formula is C16H22O3. The van der Waals surface area contributed by atoms with Gasteiger partial charge in [-0.15, -0.1) is 0 Å². The van der Waals surface area contributed by atoms with Crippen molar-refractivity contribution in [2.24, 2.45) is 0 Å². The topological polar surface area (TPSA) is 38.7 Å². The highest BCUT2D eigenvalue weighted by Crippen LogP contribution is 2.43. The fraction of sp³-hybridized carbons (Fsp3) is 0.625. The second-order valence-electron chi connectivity index (χ2n) is 5.87. The van der Waals surface area contributed by atoms with Gasteiger partial charge in [0.25, 0.3) is 0 Å². The summed E-state index contributed by atoms with van der Waals surface area (Å²) < 4.78 is 12.0. The van der Waals surface area contributed by atoms with Crippen LogP contribution < -0.4 is 4.74 Å². The van der Waals surface area contributed by atoms with Gasteiger partial charge in [0.2, 0.25) is 0 Å². The molecule has 1 N–H and O–H groups in total. The molecule has 104 valence electrons. The van der Waals surface area contributed by atoms with E-state index in [0.717, 1.165) is 30.8 Å². The van der Waals surface area contributed by atoms with Gasteiger partial charge >= 0.3 is 0 Å². The number of ether oxygens (including phenoxy) is 2. The van der Waals surface area contributed by atoms with Crippen molar-refractivity contribution in [1.29, 1.82) is 0 Å². The number of aliphatic hydroxyl groups is 1. The van der Waals surface area contributed by atoms with E-state index in [1.165, 1.54) is 19.3 Å². The van der Waals surface area contributed by atoms with Gasteiger partial charge in [0.1, 0.15) is 11.9 Å². The standard InChI is InChI=1S/C16H22O3/c1-12(17)13-4-2-5-14(10-13)19-15-6-9-18-16(11-15)7-3-8-16/h2,4-5,10,12,15,17H,3,6-9,11H2,1H3. The zero-order valence-electron chi connectivity index (χ0n) is 11.5. The van der Waals surface area contributed by atoms with Gasteiger partial charge in [0.05, 0.1) is 18.3 Å². The number of hydrogen-bond donors (Lipinski definition) is 1. The monoisotopic (exact) mass is 262 g/mol. The molecule has 19 heavy (non-hydrogen) atoms. The van der Waals surface area contributed by atoms with Gasteiger partial charge in [-0.1, -0.05) is 12.1 Å². The molecule has 0 bridgehead atoms. The predicted octanol–water partition coefficient (Wildman–Crippen LogP) is 3.22. The van der Waals surface area contributed by atoms with Gasteiger partial charge in [0.15, 0.2) is 0 Å². The molecule has 1 aromatic rings. The molecule has 1 heterocycles. The lowest BCUT2D eigenvalue weighted by Gasteiger charge is -2.46. The van der Waals surface area contributed by atoms with E-state index in [1.54, 1.807) is 6.92 Å². The highest BCUT2D eigenvalue weighted by atomic mass is 16.5. The van der Waals surface area contributed by atoms with Crippen molar-refractivity contribution in [2.45, 2.75) is 56.8 Å². The molecule has 3 nitrogen and oxygen atoms in total. The predicted molar refractivity (Wildman–Crippen MR) is 73.3 cm³/mol. The smallest absolute Gasteiger partial charge is 0.120 e. The maximum Gasteiger partial charge on any atom is 0.120 e. The Morgan fingerprint density at radius 2 is 2.26 bits per heavy atom. The molecule has 2 fully saturated rings. The van der Waals surface area contributed by atoms with E-state index in [1.807, 2.05) is 24.3 Å². The molecule has 1 aliphatic heterocycles. The van der Waals surface area contributed by atoms with Crippen LogP contribution in [0.1, 0.15) is 50.7 Å². The Labute approximate surface area is 114 Å². The molecule has 0 aromatic heterocycles. The van der Waals surface area contributed by atoms with Crippen LogP contribution in [0.2, 0.25) is 0 Å². The Morgan fingerprint density at radius 3 is 2.95 bits per heavy atom. The average molecular weight is 262 g/mol. The fourth-order valence-corrected chi connectivity index (χ4v) is 3.04. The summed E-state index contributed by atoms with van der Waals surface area (Å²) in [5, 5.41) is 9.61. The molecule has 3 rings (SSSR count). The molecule has 0 radical (unpaired) electrons. The lowest BCUT2D eigenvalue weighted by molar-refractivity contribution is -0.153. The maximum absolute atomic E-state index is 9.61. The van der Waals surface area contributed by atoms with Crippen molar-refractivity contribution in [3.8, 4) is 5.75 Å². The first-order valence-corrected chi connectivity index (χ1v) is 7.26. The van der Waals surface area contributed by atoms with E-state index < -0.39 is 6.10 Å². The molecule has 3 heteroatoms. The molecule has 1 saturated heterocycles. The zero-order valence-corrected chi connectivity index (χ0v) is 11.5. The SMILES string of the molecule is CC(O)c1cccc(OC2CCOC3(CCC3)C2)c1. The minimum absolute atomic E-state index is 0.116. The van der Waals surface area contributed by atoms with Gasteiger partial charge in [-0.2, -0.15) is 0 Å². The molecule has 2 unspecified atom stereocenters. The largest absolute Gasteiger partial charge is 0.490 e. The van der Waals surface area contributed by atoms with Crippen LogP contribution in [0.4, 0.5) is 0 Å². The van der Waals surface area contributed by atoms with Crippen molar-refractivity contribution >= 4 is 0 Å².